The third-order valence-corrected chi connectivity index (χ3v) is 6.21. The van der Waals surface area contributed by atoms with Crippen LogP contribution in [-0.4, -0.2) is 11.2 Å². The zero-order valence-electron chi connectivity index (χ0n) is 13.7. The molecule has 0 aromatic carbocycles. The van der Waals surface area contributed by atoms with Crippen molar-refractivity contribution in [3.05, 3.63) is 17.0 Å². The molecule has 1 aromatic rings. The molecule has 1 aromatic heterocycles. The van der Waals surface area contributed by atoms with Crippen molar-refractivity contribution >= 4 is 0 Å². The Morgan fingerprint density at radius 2 is 2.00 bits per heavy atom. The van der Waals surface area contributed by atoms with Crippen LogP contribution in [0.3, 0.4) is 0 Å². The molecule has 2 aliphatic rings. The highest BCUT2D eigenvalue weighted by atomic mass is 16.5. The molecule has 4 unspecified atom stereocenters. The summed E-state index contributed by atoms with van der Waals surface area (Å²) >= 11 is 0. The third-order valence-electron chi connectivity index (χ3n) is 6.21. The van der Waals surface area contributed by atoms with E-state index in [9.17, 15) is 0 Å². The lowest BCUT2D eigenvalue weighted by Crippen LogP contribution is -2.51. The maximum atomic E-state index is 5.33. The number of fused-ring (bicyclic) bond motifs is 2. The summed E-state index contributed by atoms with van der Waals surface area (Å²) in [6, 6.07) is 0.888. The fourth-order valence-electron chi connectivity index (χ4n) is 5.16. The van der Waals surface area contributed by atoms with E-state index in [1.165, 1.54) is 24.8 Å². The van der Waals surface area contributed by atoms with E-state index in [0.717, 1.165) is 17.4 Å². The van der Waals surface area contributed by atoms with E-state index >= 15 is 0 Å². The standard InChI is InChI=1S/C17H28N2O/c1-10(14-11(2)19-20-12(14)3)18-15-16(4,5)13-7-8-17(15,6)9-13/h10,13,15,18H,7-9H2,1-6H3. The zero-order chi connectivity index (χ0) is 14.7. The minimum absolute atomic E-state index is 0.307. The van der Waals surface area contributed by atoms with Crippen molar-refractivity contribution < 1.29 is 4.52 Å². The van der Waals surface area contributed by atoms with Crippen molar-refractivity contribution in [1.29, 1.82) is 0 Å². The lowest BCUT2D eigenvalue weighted by molar-refractivity contribution is 0.1000. The number of nitrogens with zero attached hydrogens (tertiary/aromatic N) is 1. The third kappa shape index (κ3) is 1.86. The number of nitrogens with one attached hydrogen (secondary N) is 1. The van der Waals surface area contributed by atoms with Crippen molar-refractivity contribution in [2.75, 3.05) is 0 Å². The quantitative estimate of drug-likeness (QED) is 0.901. The van der Waals surface area contributed by atoms with Crippen molar-refractivity contribution in [2.24, 2.45) is 16.7 Å². The summed E-state index contributed by atoms with van der Waals surface area (Å²) in [5, 5.41) is 8.02. The molecule has 2 bridgehead atoms. The van der Waals surface area contributed by atoms with E-state index in [1.807, 2.05) is 13.8 Å². The Morgan fingerprint density at radius 3 is 2.50 bits per heavy atom. The van der Waals surface area contributed by atoms with Crippen LogP contribution in [0.2, 0.25) is 0 Å². The SMILES string of the molecule is Cc1noc(C)c1C(C)NC1C2(C)CCC(C2)C1(C)C. The molecule has 1 N–H and O–H groups in total. The Labute approximate surface area is 122 Å². The highest BCUT2D eigenvalue weighted by Crippen LogP contribution is 2.62. The molecule has 4 atom stereocenters. The molecule has 3 heteroatoms. The second-order valence-electron chi connectivity index (χ2n) is 7.97. The van der Waals surface area contributed by atoms with Crippen molar-refractivity contribution in [2.45, 2.75) is 72.9 Å². The van der Waals surface area contributed by atoms with Crippen molar-refractivity contribution in [3.8, 4) is 0 Å². The van der Waals surface area contributed by atoms with Gasteiger partial charge in [-0.2, -0.15) is 0 Å². The lowest BCUT2D eigenvalue weighted by atomic mass is 9.68. The minimum Gasteiger partial charge on any atom is -0.361 e. The monoisotopic (exact) mass is 276 g/mol. The summed E-state index contributed by atoms with van der Waals surface area (Å²) in [6.07, 6.45) is 4.15. The predicted molar refractivity (Wildman–Crippen MR) is 80.5 cm³/mol. The average Bonchev–Trinajstić information content (AvgIpc) is 2.95. The first-order valence-electron chi connectivity index (χ1n) is 7.94. The second-order valence-corrected chi connectivity index (χ2v) is 7.97. The van der Waals surface area contributed by atoms with Crippen LogP contribution in [-0.2, 0) is 0 Å². The van der Waals surface area contributed by atoms with Crippen LogP contribution in [0.1, 0.15) is 70.0 Å². The summed E-state index contributed by atoms with van der Waals surface area (Å²) in [7, 11) is 0. The van der Waals surface area contributed by atoms with Gasteiger partial charge in [-0.3, -0.25) is 0 Å². The van der Waals surface area contributed by atoms with E-state index in [0.29, 0.717) is 22.9 Å². The van der Waals surface area contributed by atoms with E-state index in [1.54, 1.807) is 0 Å². The molecular formula is C17H28N2O. The molecule has 20 heavy (non-hydrogen) atoms. The van der Waals surface area contributed by atoms with Crippen LogP contribution in [0.5, 0.6) is 0 Å². The summed E-state index contributed by atoms with van der Waals surface area (Å²) in [6.45, 7) is 13.7. The van der Waals surface area contributed by atoms with E-state index in [4.69, 9.17) is 4.52 Å². The van der Waals surface area contributed by atoms with Crippen LogP contribution in [0.15, 0.2) is 4.52 Å². The first-order valence-corrected chi connectivity index (χ1v) is 7.94. The normalized spacial score (nSPS) is 36.5. The number of aryl methyl sites for hydroxylation is 2. The molecule has 2 saturated carbocycles. The van der Waals surface area contributed by atoms with E-state index in [2.05, 4.69) is 38.2 Å². The first kappa shape index (κ1) is 14.1. The highest BCUT2D eigenvalue weighted by molar-refractivity contribution is 5.25. The van der Waals surface area contributed by atoms with Gasteiger partial charge in [0.05, 0.1) is 5.69 Å². The molecule has 3 rings (SSSR count). The summed E-state index contributed by atoms with van der Waals surface area (Å²) in [5.74, 6) is 1.83. The van der Waals surface area contributed by atoms with Gasteiger partial charge in [0.25, 0.3) is 0 Å². The Bertz CT molecular complexity index is 495. The van der Waals surface area contributed by atoms with Gasteiger partial charge in [0.15, 0.2) is 0 Å². The molecule has 3 nitrogen and oxygen atoms in total. The zero-order valence-corrected chi connectivity index (χ0v) is 13.7. The fraction of sp³-hybridized carbons (Fsp3) is 0.824. The van der Waals surface area contributed by atoms with Crippen molar-refractivity contribution in [3.63, 3.8) is 0 Å². The van der Waals surface area contributed by atoms with Gasteiger partial charge in [0, 0.05) is 17.6 Å². The number of rotatable bonds is 3. The van der Waals surface area contributed by atoms with Gasteiger partial charge in [0.1, 0.15) is 5.76 Å². The van der Waals surface area contributed by atoms with Crippen molar-refractivity contribution in [1.82, 2.24) is 10.5 Å². The average molecular weight is 276 g/mol. The Kier molecular flexibility index (Phi) is 3.06. The first-order chi connectivity index (χ1) is 9.25. The smallest absolute Gasteiger partial charge is 0.138 e. The van der Waals surface area contributed by atoms with Gasteiger partial charge in [-0.15, -0.1) is 0 Å². The Balaban J connectivity index is 1.84. The second kappa shape index (κ2) is 4.33. The van der Waals surface area contributed by atoms with Gasteiger partial charge in [-0.05, 0) is 56.8 Å². The van der Waals surface area contributed by atoms with Gasteiger partial charge < -0.3 is 9.84 Å². The number of hydrogen-bond acceptors (Lipinski definition) is 3. The van der Waals surface area contributed by atoms with Gasteiger partial charge in [-0.1, -0.05) is 25.9 Å². The number of aromatic nitrogens is 1. The summed E-state index contributed by atoms with van der Waals surface area (Å²) in [4.78, 5) is 0. The van der Waals surface area contributed by atoms with Crippen LogP contribution in [0.25, 0.3) is 0 Å². The number of hydrogen-bond donors (Lipinski definition) is 1. The Hall–Kier alpha value is -0.830. The highest BCUT2D eigenvalue weighted by Gasteiger charge is 2.59. The van der Waals surface area contributed by atoms with Crippen LogP contribution in [0, 0.1) is 30.6 Å². The fourth-order valence-corrected chi connectivity index (χ4v) is 5.16. The van der Waals surface area contributed by atoms with Crippen LogP contribution < -0.4 is 5.32 Å². The predicted octanol–water partition coefficient (Wildman–Crippen LogP) is 4.16. The topological polar surface area (TPSA) is 38.1 Å². The van der Waals surface area contributed by atoms with E-state index < -0.39 is 0 Å². The molecule has 112 valence electrons. The van der Waals surface area contributed by atoms with E-state index in [-0.39, 0.29) is 0 Å². The maximum Gasteiger partial charge on any atom is 0.138 e. The van der Waals surface area contributed by atoms with Crippen LogP contribution >= 0.6 is 0 Å². The lowest BCUT2D eigenvalue weighted by Gasteiger charge is -2.44. The molecule has 0 aliphatic heterocycles. The molecular weight excluding hydrogens is 248 g/mol. The molecule has 2 fully saturated rings. The molecule has 0 amide bonds. The van der Waals surface area contributed by atoms with Gasteiger partial charge in [-0.25, -0.2) is 0 Å². The summed E-state index contributed by atoms with van der Waals surface area (Å²) < 4.78 is 5.33. The Morgan fingerprint density at radius 1 is 1.30 bits per heavy atom. The molecule has 0 radical (unpaired) electrons. The largest absolute Gasteiger partial charge is 0.361 e. The molecule has 2 aliphatic carbocycles. The van der Waals surface area contributed by atoms with Gasteiger partial charge in [0.2, 0.25) is 0 Å². The molecule has 0 spiro atoms. The minimum atomic E-state index is 0.307. The molecule has 0 saturated heterocycles. The van der Waals surface area contributed by atoms with Gasteiger partial charge >= 0.3 is 0 Å². The molecule has 1 heterocycles. The summed E-state index contributed by atoms with van der Waals surface area (Å²) in [5.41, 5.74) is 3.11. The maximum absolute atomic E-state index is 5.33. The van der Waals surface area contributed by atoms with Crippen LogP contribution in [0.4, 0.5) is 0 Å².